The predicted octanol–water partition coefficient (Wildman–Crippen LogP) is 7.05. The van der Waals surface area contributed by atoms with Crippen molar-refractivity contribution in [2.24, 2.45) is 5.92 Å². The zero-order valence-corrected chi connectivity index (χ0v) is 19.5. The Bertz CT molecular complexity index is 1140. The second kappa shape index (κ2) is 10.2. The van der Waals surface area contributed by atoms with E-state index in [0.29, 0.717) is 33.2 Å². The third-order valence-electron chi connectivity index (χ3n) is 6.47. The van der Waals surface area contributed by atoms with Gasteiger partial charge in [-0.25, -0.2) is 0 Å². The maximum absolute atomic E-state index is 13.2. The molecule has 8 heteroatoms. The Hall–Kier alpha value is -2.80. The van der Waals surface area contributed by atoms with Crippen LogP contribution >= 0.6 is 11.6 Å². The average molecular weight is 491 g/mol. The van der Waals surface area contributed by atoms with Gasteiger partial charge in [0.1, 0.15) is 5.75 Å². The van der Waals surface area contributed by atoms with Crippen LogP contribution < -0.4 is 10.1 Å². The van der Waals surface area contributed by atoms with Crippen molar-refractivity contribution in [1.82, 2.24) is 10.3 Å². The van der Waals surface area contributed by atoms with Gasteiger partial charge >= 0.3 is 6.18 Å². The summed E-state index contributed by atoms with van der Waals surface area (Å²) in [4.78, 5) is 16.8. The molecule has 4 rings (SSSR count). The zero-order valence-electron chi connectivity index (χ0n) is 18.7. The van der Waals surface area contributed by atoms with Crippen LogP contribution in [0.2, 0.25) is 5.02 Å². The van der Waals surface area contributed by atoms with E-state index in [1.54, 1.807) is 36.5 Å². The first kappa shape index (κ1) is 24.3. The van der Waals surface area contributed by atoms with Gasteiger partial charge in [-0.3, -0.25) is 9.78 Å². The number of carbonyl (C=O) groups is 1. The van der Waals surface area contributed by atoms with Crippen LogP contribution in [0.3, 0.4) is 0 Å². The van der Waals surface area contributed by atoms with Gasteiger partial charge in [0.15, 0.2) is 0 Å². The van der Waals surface area contributed by atoms with E-state index in [1.807, 2.05) is 0 Å². The van der Waals surface area contributed by atoms with E-state index < -0.39 is 11.7 Å². The summed E-state index contributed by atoms with van der Waals surface area (Å²) in [6.45, 7) is 2.05. The molecule has 0 saturated heterocycles. The first-order chi connectivity index (χ1) is 16.2. The Labute approximate surface area is 201 Å². The Morgan fingerprint density at radius 3 is 2.47 bits per heavy atom. The van der Waals surface area contributed by atoms with Crippen LogP contribution in [0.5, 0.6) is 5.75 Å². The van der Waals surface area contributed by atoms with Gasteiger partial charge in [-0.2, -0.15) is 13.2 Å². The second-order valence-electron chi connectivity index (χ2n) is 8.69. The molecule has 1 amide bonds. The largest absolute Gasteiger partial charge is 0.490 e. The van der Waals surface area contributed by atoms with E-state index in [-0.39, 0.29) is 18.1 Å². The lowest BCUT2D eigenvalue weighted by molar-refractivity contribution is -0.137. The highest BCUT2D eigenvalue weighted by molar-refractivity contribution is 6.30. The summed E-state index contributed by atoms with van der Waals surface area (Å²) in [6, 6.07) is 12.0. The zero-order chi connectivity index (χ0) is 24.3. The van der Waals surface area contributed by atoms with E-state index in [2.05, 4.69) is 17.2 Å². The van der Waals surface area contributed by atoms with Crippen molar-refractivity contribution in [3.05, 3.63) is 70.9 Å². The fraction of sp³-hybridized carbons (Fsp3) is 0.385. The molecule has 1 N–H and O–H groups in total. The number of alkyl halides is 3. The molecule has 4 nitrogen and oxygen atoms in total. The second-order valence-corrected chi connectivity index (χ2v) is 9.12. The molecule has 1 saturated carbocycles. The molecule has 1 aliphatic rings. The molecule has 1 aromatic heterocycles. The number of aromatic nitrogens is 1. The fourth-order valence-corrected chi connectivity index (χ4v) is 4.72. The quantitative estimate of drug-likeness (QED) is 0.402. The van der Waals surface area contributed by atoms with Crippen molar-refractivity contribution in [2.75, 3.05) is 0 Å². The van der Waals surface area contributed by atoms with Crippen molar-refractivity contribution < 1.29 is 22.7 Å². The number of hydrogen-bond donors (Lipinski definition) is 1. The summed E-state index contributed by atoms with van der Waals surface area (Å²) in [5.74, 6) is 0.611. The molecule has 180 valence electrons. The van der Waals surface area contributed by atoms with Crippen LogP contribution in [0, 0.1) is 5.92 Å². The van der Waals surface area contributed by atoms with Crippen LogP contribution in [0.4, 0.5) is 13.2 Å². The van der Waals surface area contributed by atoms with Crippen molar-refractivity contribution in [2.45, 2.75) is 57.3 Å². The molecule has 1 heterocycles. The number of fused-ring (bicyclic) bond motifs is 1. The lowest BCUT2D eigenvalue weighted by Gasteiger charge is -2.34. The number of ether oxygens (including phenoxy) is 1. The van der Waals surface area contributed by atoms with E-state index in [1.165, 1.54) is 6.07 Å². The third-order valence-corrected chi connectivity index (χ3v) is 6.73. The standard InChI is InChI=1S/C26H26ClF3N2O2/c1-2-22(32-25(33)17-3-8-19(27)9-4-17)16-5-10-20(11-6-16)34-24-13-14-31-23-12-7-18(15-21(23)24)26(28,29)30/h3-4,7-9,12-16,20,22H,2,5-6,10-11H2,1H3,(H,32,33). The first-order valence-corrected chi connectivity index (χ1v) is 11.8. The fourth-order valence-electron chi connectivity index (χ4n) is 4.59. The topological polar surface area (TPSA) is 51.2 Å². The van der Waals surface area contributed by atoms with Gasteiger partial charge in [-0.15, -0.1) is 0 Å². The number of nitrogens with one attached hydrogen (secondary N) is 1. The molecule has 1 unspecified atom stereocenters. The normalized spacial score (nSPS) is 19.6. The average Bonchev–Trinajstić information content (AvgIpc) is 2.83. The van der Waals surface area contributed by atoms with E-state index in [9.17, 15) is 18.0 Å². The van der Waals surface area contributed by atoms with E-state index in [4.69, 9.17) is 16.3 Å². The van der Waals surface area contributed by atoms with Crippen LogP contribution in [0.25, 0.3) is 10.9 Å². The Morgan fingerprint density at radius 1 is 1.12 bits per heavy atom. The van der Waals surface area contributed by atoms with Crippen molar-refractivity contribution >= 4 is 28.4 Å². The molecule has 1 fully saturated rings. The highest BCUT2D eigenvalue weighted by Crippen LogP contribution is 2.36. The maximum Gasteiger partial charge on any atom is 0.416 e. The lowest BCUT2D eigenvalue weighted by atomic mass is 9.81. The summed E-state index contributed by atoms with van der Waals surface area (Å²) >= 11 is 5.91. The Balaban J connectivity index is 1.39. The number of pyridine rings is 1. The number of benzene rings is 2. The van der Waals surface area contributed by atoms with Gasteiger partial charge < -0.3 is 10.1 Å². The molecule has 0 spiro atoms. The maximum atomic E-state index is 13.2. The lowest BCUT2D eigenvalue weighted by Crippen LogP contribution is -2.42. The van der Waals surface area contributed by atoms with Crippen molar-refractivity contribution in [3.8, 4) is 5.75 Å². The number of rotatable bonds is 6. The highest BCUT2D eigenvalue weighted by atomic mass is 35.5. The van der Waals surface area contributed by atoms with Gasteiger partial charge in [0, 0.05) is 28.2 Å². The van der Waals surface area contributed by atoms with E-state index in [0.717, 1.165) is 44.2 Å². The molecule has 2 aromatic carbocycles. The molecule has 1 aliphatic carbocycles. The van der Waals surface area contributed by atoms with E-state index >= 15 is 0 Å². The number of hydrogen-bond acceptors (Lipinski definition) is 3. The molecule has 1 atom stereocenters. The van der Waals surface area contributed by atoms with Crippen LogP contribution in [0.15, 0.2) is 54.7 Å². The minimum absolute atomic E-state index is 0.0419. The SMILES string of the molecule is CCC(NC(=O)c1ccc(Cl)cc1)C1CCC(Oc2ccnc3ccc(C(F)(F)F)cc23)CC1. The molecule has 0 radical (unpaired) electrons. The smallest absolute Gasteiger partial charge is 0.416 e. The molecule has 3 aromatic rings. The van der Waals surface area contributed by atoms with Crippen LogP contribution in [0.1, 0.15) is 54.9 Å². The molecule has 0 bridgehead atoms. The third kappa shape index (κ3) is 5.63. The highest BCUT2D eigenvalue weighted by Gasteiger charge is 2.32. The van der Waals surface area contributed by atoms with Crippen molar-refractivity contribution in [1.29, 1.82) is 0 Å². The Kier molecular flexibility index (Phi) is 7.31. The van der Waals surface area contributed by atoms with Gasteiger partial charge in [0.25, 0.3) is 5.91 Å². The summed E-state index contributed by atoms with van der Waals surface area (Å²) < 4.78 is 45.7. The summed E-state index contributed by atoms with van der Waals surface area (Å²) in [7, 11) is 0. The number of halogens is 4. The molecular formula is C26H26ClF3N2O2. The van der Waals surface area contributed by atoms with Gasteiger partial charge in [0.05, 0.1) is 17.2 Å². The molecule has 34 heavy (non-hydrogen) atoms. The van der Waals surface area contributed by atoms with Crippen LogP contribution in [-0.4, -0.2) is 23.0 Å². The first-order valence-electron chi connectivity index (χ1n) is 11.4. The van der Waals surface area contributed by atoms with Crippen LogP contribution in [-0.2, 0) is 6.18 Å². The van der Waals surface area contributed by atoms with Gasteiger partial charge in [0.2, 0.25) is 0 Å². The number of nitrogens with zero attached hydrogens (tertiary/aromatic N) is 1. The number of carbonyl (C=O) groups excluding carboxylic acids is 1. The molecule has 0 aliphatic heterocycles. The predicted molar refractivity (Wildman–Crippen MR) is 126 cm³/mol. The monoisotopic (exact) mass is 490 g/mol. The minimum atomic E-state index is -4.43. The summed E-state index contributed by atoms with van der Waals surface area (Å²) in [5, 5.41) is 4.09. The minimum Gasteiger partial charge on any atom is -0.490 e. The summed E-state index contributed by atoms with van der Waals surface area (Å²) in [6.07, 6.45) is 1.09. The molecular weight excluding hydrogens is 465 g/mol. The number of amides is 1. The van der Waals surface area contributed by atoms with Crippen molar-refractivity contribution in [3.63, 3.8) is 0 Å². The van der Waals surface area contributed by atoms with Gasteiger partial charge in [-0.05, 0) is 86.6 Å². The van der Waals surface area contributed by atoms with Gasteiger partial charge in [-0.1, -0.05) is 18.5 Å². The Morgan fingerprint density at radius 2 is 1.82 bits per heavy atom. The summed E-state index contributed by atoms with van der Waals surface area (Å²) in [5.41, 5.74) is 0.321.